The Morgan fingerprint density at radius 2 is 1.85 bits per heavy atom. The van der Waals surface area contributed by atoms with E-state index in [1.54, 1.807) is 12.1 Å². The number of unbranched alkanes of at least 4 members (excludes halogenated alkanes) is 3. The van der Waals surface area contributed by atoms with Crippen molar-refractivity contribution >= 4 is 10.0 Å². The first-order chi connectivity index (χ1) is 9.60. The highest BCUT2D eigenvalue weighted by molar-refractivity contribution is 7.89. The zero-order valence-electron chi connectivity index (χ0n) is 11.7. The van der Waals surface area contributed by atoms with Crippen molar-refractivity contribution in [2.24, 2.45) is 0 Å². The first-order valence-electron chi connectivity index (χ1n) is 6.79. The summed E-state index contributed by atoms with van der Waals surface area (Å²) in [6, 6.07) is 6.31. The molecule has 0 aliphatic heterocycles. The van der Waals surface area contributed by atoms with Crippen LogP contribution >= 0.6 is 0 Å². The van der Waals surface area contributed by atoms with Gasteiger partial charge in [0.2, 0.25) is 10.0 Å². The Bertz CT molecular complexity index is 553. The fourth-order valence-corrected chi connectivity index (χ4v) is 2.77. The quantitative estimate of drug-likeness (QED) is 0.596. The Labute approximate surface area is 121 Å². The molecule has 2 N–H and O–H groups in total. The smallest absolute Gasteiger partial charge is 0.240 e. The van der Waals surface area contributed by atoms with Gasteiger partial charge in [0.1, 0.15) is 6.61 Å². The summed E-state index contributed by atoms with van der Waals surface area (Å²) < 4.78 is 26.6. The molecule has 0 unspecified atom stereocenters. The molecule has 110 valence electrons. The van der Waals surface area contributed by atoms with Crippen LogP contribution in [0.2, 0.25) is 0 Å². The molecule has 0 saturated carbocycles. The summed E-state index contributed by atoms with van der Waals surface area (Å²) in [5.41, 5.74) is 0.681. The number of aliphatic hydroxyl groups is 1. The van der Waals surface area contributed by atoms with E-state index in [9.17, 15) is 8.42 Å². The van der Waals surface area contributed by atoms with Crippen LogP contribution in [0.1, 0.15) is 38.2 Å². The number of aliphatic hydroxyl groups excluding tert-OH is 1. The van der Waals surface area contributed by atoms with E-state index in [-0.39, 0.29) is 11.5 Å². The van der Waals surface area contributed by atoms with Crippen LogP contribution in [0, 0.1) is 11.8 Å². The number of nitrogens with one attached hydrogen (secondary N) is 1. The molecule has 1 aromatic rings. The van der Waals surface area contributed by atoms with Crippen LogP contribution in [0.5, 0.6) is 0 Å². The van der Waals surface area contributed by atoms with Crippen LogP contribution in [-0.2, 0) is 10.0 Å². The maximum Gasteiger partial charge on any atom is 0.240 e. The first kappa shape index (κ1) is 16.7. The average Bonchev–Trinajstić information content (AvgIpc) is 2.45. The molecule has 0 radical (unpaired) electrons. The minimum atomic E-state index is -3.43. The summed E-state index contributed by atoms with van der Waals surface area (Å²) in [4.78, 5) is 0.238. The summed E-state index contributed by atoms with van der Waals surface area (Å²) in [5, 5.41) is 8.59. The molecule has 0 aliphatic carbocycles. The summed E-state index contributed by atoms with van der Waals surface area (Å²) in [5.74, 6) is 5.24. The van der Waals surface area contributed by atoms with Gasteiger partial charge in [0.25, 0.3) is 0 Å². The predicted octanol–water partition coefficient (Wildman–Crippen LogP) is 1.89. The van der Waals surface area contributed by atoms with Gasteiger partial charge in [0, 0.05) is 12.1 Å². The molecule has 0 spiro atoms. The third-order valence-electron chi connectivity index (χ3n) is 2.80. The normalized spacial score (nSPS) is 10.9. The number of rotatable bonds is 7. The van der Waals surface area contributed by atoms with Gasteiger partial charge >= 0.3 is 0 Å². The standard InChI is InChI=1S/C15H21NO3S/c1-2-3-4-5-12-16-20(18,19)15-10-8-14(9-11-15)7-6-13-17/h8-11,16-17H,2-5,12-13H2,1H3. The van der Waals surface area contributed by atoms with Gasteiger partial charge in [-0.15, -0.1) is 0 Å². The third-order valence-corrected chi connectivity index (χ3v) is 4.28. The molecule has 0 aliphatic rings. The van der Waals surface area contributed by atoms with Crippen molar-refractivity contribution in [3.8, 4) is 11.8 Å². The lowest BCUT2D eigenvalue weighted by molar-refractivity contribution is 0.350. The van der Waals surface area contributed by atoms with E-state index in [1.165, 1.54) is 12.1 Å². The third kappa shape index (κ3) is 5.74. The number of sulfonamides is 1. The Balaban J connectivity index is 2.59. The molecule has 4 nitrogen and oxygen atoms in total. The maximum atomic E-state index is 12.0. The van der Waals surface area contributed by atoms with Gasteiger partial charge in [-0.1, -0.05) is 38.0 Å². The second kappa shape index (κ2) is 8.75. The SMILES string of the molecule is CCCCCCNS(=O)(=O)c1ccc(C#CCO)cc1. The van der Waals surface area contributed by atoms with Crippen LogP contribution in [0.3, 0.4) is 0 Å². The molecule has 20 heavy (non-hydrogen) atoms. The van der Waals surface area contributed by atoms with Gasteiger partial charge in [-0.25, -0.2) is 13.1 Å². The van der Waals surface area contributed by atoms with Crippen LogP contribution in [0.4, 0.5) is 0 Å². The predicted molar refractivity (Wildman–Crippen MR) is 79.7 cm³/mol. The van der Waals surface area contributed by atoms with Gasteiger partial charge < -0.3 is 5.11 Å². The summed E-state index contributed by atoms with van der Waals surface area (Å²) in [6.07, 6.45) is 4.14. The minimum absolute atomic E-state index is 0.209. The van der Waals surface area contributed by atoms with Gasteiger partial charge in [0.15, 0.2) is 0 Å². The van der Waals surface area contributed by atoms with E-state index in [2.05, 4.69) is 23.5 Å². The van der Waals surface area contributed by atoms with Crippen LogP contribution in [0.25, 0.3) is 0 Å². The van der Waals surface area contributed by atoms with Crippen molar-refractivity contribution < 1.29 is 13.5 Å². The van der Waals surface area contributed by atoms with Crippen LogP contribution in [0.15, 0.2) is 29.2 Å². The zero-order valence-corrected chi connectivity index (χ0v) is 12.5. The monoisotopic (exact) mass is 295 g/mol. The highest BCUT2D eigenvalue weighted by Crippen LogP contribution is 2.10. The molecule has 0 heterocycles. The summed E-state index contributed by atoms with van der Waals surface area (Å²) in [6.45, 7) is 2.37. The number of benzene rings is 1. The largest absolute Gasteiger partial charge is 0.384 e. The fourth-order valence-electron chi connectivity index (χ4n) is 1.70. The van der Waals surface area contributed by atoms with Gasteiger partial charge in [0.05, 0.1) is 4.90 Å². The molecule has 0 atom stereocenters. The maximum absolute atomic E-state index is 12.0. The van der Waals surface area contributed by atoms with Gasteiger partial charge in [-0.05, 0) is 30.7 Å². The van der Waals surface area contributed by atoms with E-state index in [0.717, 1.165) is 25.7 Å². The molecule has 0 amide bonds. The fraction of sp³-hybridized carbons (Fsp3) is 0.467. The molecule has 5 heteroatoms. The molecule has 0 aromatic heterocycles. The van der Waals surface area contributed by atoms with Crippen molar-refractivity contribution in [3.63, 3.8) is 0 Å². The van der Waals surface area contributed by atoms with E-state index in [0.29, 0.717) is 12.1 Å². The highest BCUT2D eigenvalue weighted by Gasteiger charge is 2.12. The van der Waals surface area contributed by atoms with Gasteiger partial charge in [-0.3, -0.25) is 0 Å². The van der Waals surface area contributed by atoms with Crippen molar-refractivity contribution in [2.75, 3.05) is 13.2 Å². The minimum Gasteiger partial charge on any atom is -0.384 e. The second-order valence-corrected chi connectivity index (χ2v) is 6.21. The second-order valence-electron chi connectivity index (χ2n) is 4.44. The van der Waals surface area contributed by atoms with E-state index in [1.807, 2.05) is 0 Å². The first-order valence-corrected chi connectivity index (χ1v) is 8.28. The molecule has 1 rings (SSSR count). The topological polar surface area (TPSA) is 66.4 Å². The zero-order chi connectivity index (χ0) is 14.8. The molecular weight excluding hydrogens is 274 g/mol. The molecule has 0 saturated heterocycles. The molecular formula is C15H21NO3S. The molecule has 1 aromatic carbocycles. The Hall–Kier alpha value is -1.35. The molecule has 0 fully saturated rings. The Morgan fingerprint density at radius 1 is 1.15 bits per heavy atom. The summed E-state index contributed by atoms with van der Waals surface area (Å²) in [7, 11) is -3.43. The van der Waals surface area contributed by atoms with E-state index in [4.69, 9.17) is 5.11 Å². The Morgan fingerprint density at radius 3 is 2.45 bits per heavy atom. The highest BCUT2D eigenvalue weighted by atomic mass is 32.2. The van der Waals surface area contributed by atoms with E-state index >= 15 is 0 Å². The van der Waals surface area contributed by atoms with Crippen LogP contribution in [-0.4, -0.2) is 26.7 Å². The van der Waals surface area contributed by atoms with Gasteiger partial charge in [-0.2, -0.15) is 0 Å². The van der Waals surface area contributed by atoms with Crippen molar-refractivity contribution in [1.82, 2.24) is 4.72 Å². The van der Waals surface area contributed by atoms with Crippen molar-refractivity contribution in [2.45, 2.75) is 37.5 Å². The van der Waals surface area contributed by atoms with Crippen molar-refractivity contribution in [1.29, 1.82) is 0 Å². The number of hydrogen-bond acceptors (Lipinski definition) is 3. The van der Waals surface area contributed by atoms with E-state index < -0.39 is 10.0 Å². The Kier molecular flexibility index (Phi) is 7.31. The lowest BCUT2D eigenvalue weighted by Crippen LogP contribution is -2.24. The lowest BCUT2D eigenvalue weighted by Gasteiger charge is -2.06. The summed E-state index contributed by atoms with van der Waals surface area (Å²) >= 11 is 0. The number of hydrogen-bond donors (Lipinski definition) is 2. The average molecular weight is 295 g/mol. The molecule has 0 bridgehead atoms. The van der Waals surface area contributed by atoms with Crippen molar-refractivity contribution in [3.05, 3.63) is 29.8 Å². The van der Waals surface area contributed by atoms with Crippen LogP contribution < -0.4 is 4.72 Å². The lowest BCUT2D eigenvalue weighted by atomic mass is 10.2.